The normalized spacial score (nSPS) is 10.9. The molecule has 6 heteroatoms. The number of hydrogen-bond donors (Lipinski definition) is 1. The molecule has 0 aliphatic carbocycles. The average Bonchev–Trinajstić information content (AvgIpc) is 2.86. The predicted molar refractivity (Wildman–Crippen MR) is 133 cm³/mol. The molecule has 0 spiro atoms. The van der Waals surface area contributed by atoms with Gasteiger partial charge in [0.1, 0.15) is 11.5 Å². The molecule has 6 nitrogen and oxygen atoms in total. The van der Waals surface area contributed by atoms with E-state index in [4.69, 9.17) is 9.47 Å². The summed E-state index contributed by atoms with van der Waals surface area (Å²) in [5, 5.41) is 5.94. The summed E-state index contributed by atoms with van der Waals surface area (Å²) in [6, 6.07) is 25.3. The van der Waals surface area contributed by atoms with Gasteiger partial charge in [-0.1, -0.05) is 48.5 Å². The van der Waals surface area contributed by atoms with Crippen LogP contribution in [0.15, 0.2) is 90.0 Å². The van der Waals surface area contributed by atoms with Crippen molar-refractivity contribution < 1.29 is 19.1 Å². The van der Waals surface area contributed by atoms with Gasteiger partial charge < -0.3 is 9.47 Å². The maximum absolute atomic E-state index is 12.8. The molecule has 0 saturated carbocycles. The summed E-state index contributed by atoms with van der Waals surface area (Å²) in [7, 11) is 0. The number of aryl methyl sites for hydroxylation is 1. The molecule has 170 valence electrons. The van der Waals surface area contributed by atoms with Crippen molar-refractivity contribution in [3.8, 4) is 11.5 Å². The highest BCUT2D eigenvalue weighted by Crippen LogP contribution is 2.27. The Morgan fingerprint density at radius 2 is 1.65 bits per heavy atom. The average molecular weight is 453 g/mol. The second-order valence-electron chi connectivity index (χ2n) is 7.56. The summed E-state index contributed by atoms with van der Waals surface area (Å²) in [5.74, 6) is 0.202. The van der Waals surface area contributed by atoms with E-state index in [1.165, 1.54) is 6.21 Å². The number of nitrogens with zero attached hydrogens (tertiary/aromatic N) is 1. The Hall–Kier alpha value is -4.45. The summed E-state index contributed by atoms with van der Waals surface area (Å²) < 4.78 is 11.1. The van der Waals surface area contributed by atoms with Crippen molar-refractivity contribution in [2.75, 3.05) is 6.61 Å². The number of amides is 1. The molecule has 0 fully saturated rings. The van der Waals surface area contributed by atoms with Gasteiger partial charge in [-0.05, 0) is 66.6 Å². The van der Waals surface area contributed by atoms with E-state index in [9.17, 15) is 9.59 Å². The van der Waals surface area contributed by atoms with Crippen molar-refractivity contribution in [3.63, 3.8) is 0 Å². The number of rotatable bonds is 7. The molecule has 0 saturated heterocycles. The van der Waals surface area contributed by atoms with Crippen LogP contribution in [-0.2, 0) is 0 Å². The van der Waals surface area contributed by atoms with Crippen LogP contribution in [0.5, 0.6) is 11.5 Å². The molecule has 0 atom stereocenters. The summed E-state index contributed by atoms with van der Waals surface area (Å²) in [5.41, 5.74) is 4.93. The van der Waals surface area contributed by atoms with Gasteiger partial charge in [0.25, 0.3) is 5.91 Å². The van der Waals surface area contributed by atoms with Crippen molar-refractivity contribution in [1.29, 1.82) is 0 Å². The van der Waals surface area contributed by atoms with Crippen molar-refractivity contribution in [3.05, 3.63) is 107 Å². The van der Waals surface area contributed by atoms with Gasteiger partial charge in [0.2, 0.25) is 0 Å². The monoisotopic (exact) mass is 452 g/mol. The van der Waals surface area contributed by atoms with Crippen LogP contribution < -0.4 is 14.9 Å². The lowest BCUT2D eigenvalue weighted by Gasteiger charge is -2.11. The van der Waals surface area contributed by atoms with Crippen molar-refractivity contribution in [2.24, 2.45) is 5.10 Å². The van der Waals surface area contributed by atoms with Gasteiger partial charge in [0.15, 0.2) is 0 Å². The Balaban J connectivity index is 1.60. The summed E-state index contributed by atoms with van der Waals surface area (Å²) >= 11 is 0. The molecule has 0 bridgehead atoms. The van der Waals surface area contributed by atoms with E-state index in [1.807, 2.05) is 56.3 Å². The number of benzene rings is 4. The summed E-state index contributed by atoms with van der Waals surface area (Å²) in [6.07, 6.45) is 1.50. The molecule has 4 aromatic carbocycles. The molecule has 0 aliphatic rings. The molecule has 0 radical (unpaired) electrons. The van der Waals surface area contributed by atoms with Crippen LogP contribution in [0.3, 0.4) is 0 Å². The first-order valence-electron chi connectivity index (χ1n) is 10.9. The first-order chi connectivity index (χ1) is 16.6. The quantitative estimate of drug-likeness (QED) is 0.173. The highest BCUT2D eigenvalue weighted by Gasteiger charge is 2.14. The van der Waals surface area contributed by atoms with Gasteiger partial charge in [-0.2, -0.15) is 5.10 Å². The zero-order chi connectivity index (χ0) is 23.9. The number of hydrazone groups is 1. The number of carbonyl (C=O) groups excluding carboxylic acids is 2. The van der Waals surface area contributed by atoms with Gasteiger partial charge in [-0.15, -0.1) is 0 Å². The third-order valence-corrected chi connectivity index (χ3v) is 5.28. The lowest BCUT2D eigenvalue weighted by molar-refractivity contribution is 0.0734. The topological polar surface area (TPSA) is 77.0 Å². The Morgan fingerprint density at radius 1 is 0.912 bits per heavy atom. The summed E-state index contributed by atoms with van der Waals surface area (Å²) in [4.78, 5) is 25.3. The second kappa shape index (κ2) is 10.4. The highest BCUT2D eigenvalue weighted by molar-refractivity contribution is 6.04. The molecule has 1 N–H and O–H groups in total. The number of carbonyl (C=O) groups is 2. The molecule has 4 aromatic rings. The first-order valence-corrected chi connectivity index (χ1v) is 10.9. The number of fused-ring (bicyclic) bond motifs is 1. The molecule has 0 aromatic heterocycles. The number of nitrogens with one attached hydrogen (secondary N) is 1. The number of ether oxygens (including phenoxy) is 2. The van der Waals surface area contributed by atoms with E-state index < -0.39 is 5.97 Å². The Kier molecular flexibility index (Phi) is 6.98. The molecule has 1 amide bonds. The highest BCUT2D eigenvalue weighted by atomic mass is 16.5. The minimum absolute atomic E-state index is 0.317. The minimum Gasteiger partial charge on any atom is -0.494 e. The maximum Gasteiger partial charge on any atom is 0.343 e. The Morgan fingerprint density at radius 3 is 2.41 bits per heavy atom. The molecule has 4 rings (SSSR count). The number of esters is 1. The van der Waals surface area contributed by atoms with Crippen molar-refractivity contribution in [2.45, 2.75) is 13.8 Å². The number of hydrogen-bond acceptors (Lipinski definition) is 5. The first kappa shape index (κ1) is 22.7. The molecular formula is C28H24N2O4. The van der Waals surface area contributed by atoms with E-state index >= 15 is 0 Å². The van der Waals surface area contributed by atoms with Crippen LogP contribution in [-0.4, -0.2) is 24.7 Å². The van der Waals surface area contributed by atoms with Gasteiger partial charge in [-0.3, -0.25) is 4.79 Å². The lowest BCUT2D eigenvalue weighted by Crippen LogP contribution is -2.18. The molecular weight excluding hydrogens is 428 g/mol. The molecule has 34 heavy (non-hydrogen) atoms. The van der Waals surface area contributed by atoms with Gasteiger partial charge in [-0.25, -0.2) is 10.2 Å². The van der Waals surface area contributed by atoms with Crippen molar-refractivity contribution >= 4 is 28.9 Å². The predicted octanol–water partition coefficient (Wildman–Crippen LogP) is 5.53. The lowest BCUT2D eigenvalue weighted by atomic mass is 10.0. The van der Waals surface area contributed by atoms with Crippen molar-refractivity contribution in [1.82, 2.24) is 5.43 Å². The fourth-order valence-corrected chi connectivity index (χ4v) is 3.55. The Labute approximate surface area is 197 Å². The molecule has 0 heterocycles. The summed E-state index contributed by atoms with van der Waals surface area (Å²) in [6.45, 7) is 4.31. The zero-order valence-electron chi connectivity index (χ0n) is 18.9. The third-order valence-electron chi connectivity index (χ3n) is 5.28. The van der Waals surface area contributed by atoms with Crippen LogP contribution in [0.1, 0.15) is 38.8 Å². The largest absolute Gasteiger partial charge is 0.494 e. The Bertz CT molecular complexity index is 1360. The van der Waals surface area contributed by atoms with Gasteiger partial charge >= 0.3 is 5.97 Å². The SMILES string of the molecule is CCOc1ccc(C(=O)Oc2ccc3ccccc3c2/C=N/NC(=O)c2ccccc2C)cc1. The molecule has 0 unspecified atom stereocenters. The smallest absolute Gasteiger partial charge is 0.343 e. The zero-order valence-corrected chi connectivity index (χ0v) is 18.9. The van der Waals surface area contributed by atoms with Crippen LogP contribution >= 0.6 is 0 Å². The fourth-order valence-electron chi connectivity index (χ4n) is 3.55. The van der Waals surface area contributed by atoms with E-state index in [1.54, 1.807) is 42.5 Å². The van der Waals surface area contributed by atoms with Crippen LogP contribution in [0, 0.1) is 6.92 Å². The maximum atomic E-state index is 12.8. The third kappa shape index (κ3) is 5.13. The van der Waals surface area contributed by atoms with Gasteiger partial charge in [0, 0.05) is 11.1 Å². The molecule has 0 aliphatic heterocycles. The second-order valence-corrected chi connectivity index (χ2v) is 7.56. The van der Waals surface area contributed by atoms with Crippen LogP contribution in [0.25, 0.3) is 10.8 Å². The van der Waals surface area contributed by atoms with Crippen LogP contribution in [0.4, 0.5) is 0 Å². The van der Waals surface area contributed by atoms with Gasteiger partial charge in [0.05, 0.1) is 18.4 Å². The van der Waals surface area contributed by atoms with E-state index in [0.717, 1.165) is 16.3 Å². The van der Waals surface area contributed by atoms with E-state index in [2.05, 4.69) is 10.5 Å². The van der Waals surface area contributed by atoms with E-state index in [-0.39, 0.29) is 5.91 Å². The minimum atomic E-state index is -0.503. The fraction of sp³-hybridized carbons (Fsp3) is 0.107. The standard InChI is InChI=1S/C28H24N2O4/c1-3-33-22-15-12-21(13-16-22)28(32)34-26-17-14-20-9-5-7-11-24(20)25(26)18-29-30-27(31)23-10-6-4-8-19(23)2/h4-18H,3H2,1-2H3,(H,30,31)/b29-18+. The van der Waals surface area contributed by atoms with E-state index in [0.29, 0.717) is 34.8 Å². The van der Waals surface area contributed by atoms with Crippen LogP contribution in [0.2, 0.25) is 0 Å².